The summed E-state index contributed by atoms with van der Waals surface area (Å²) in [4.78, 5) is 25.1. The highest BCUT2D eigenvalue weighted by atomic mass is 16.6. The molecule has 0 spiro atoms. The Bertz CT molecular complexity index is 610. The standard InChI is InChI=1S/C19H29NO6/c1-6-19(7-2)11-25-15-13(17(21)23-9-4)20(8-3)14(16(15)26-12-19)18(22)24-10-5/h6-12H2,1-5H3. The van der Waals surface area contributed by atoms with E-state index >= 15 is 0 Å². The molecule has 1 aromatic rings. The first kappa shape index (κ1) is 20.1. The van der Waals surface area contributed by atoms with Crippen molar-refractivity contribution in [3.05, 3.63) is 11.4 Å². The van der Waals surface area contributed by atoms with E-state index in [0.717, 1.165) is 12.8 Å². The number of ether oxygens (including phenoxy) is 4. The minimum Gasteiger partial charge on any atom is -0.487 e. The largest absolute Gasteiger partial charge is 0.487 e. The second-order valence-corrected chi connectivity index (χ2v) is 6.33. The molecule has 0 aliphatic carbocycles. The summed E-state index contributed by atoms with van der Waals surface area (Å²) in [6.45, 7) is 11.1. The summed E-state index contributed by atoms with van der Waals surface area (Å²) in [5.74, 6) is -0.523. The lowest BCUT2D eigenvalue weighted by Gasteiger charge is -2.28. The van der Waals surface area contributed by atoms with Gasteiger partial charge in [0, 0.05) is 12.0 Å². The number of carbonyl (C=O) groups excluding carboxylic acids is 2. The summed E-state index contributed by atoms with van der Waals surface area (Å²) in [6.07, 6.45) is 1.73. The average molecular weight is 367 g/mol. The van der Waals surface area contributed by atoms with Crippen LogP contribution in [0.2, 0.25) is 0 Å². The van der Waals surface area contributed by atoms with E-state index in [1.807, 2.05) is 6.92 Å². The van der Waals surface area contributed by atoms with Crippen LogP contribution in [0.15, 0.2) is 0 Å². The first-order valence-corrected chi connectivity index (χ1v) is 9.34. The molecule has 0 saturated carbocycles. The smallest absolute Gasteiger partial charge is 0.359 e. The fraction of sp³-hybridized carbons (Fsp3) is 0.684. The number of fused-ring (bicyclic) bond motifs is 1. The summed E-state index contributed by atoms with van der Waals surface area (Å²) in [5, 5.41) is 0. The third-order valence-electron chi connectivity index (χ3n) is 4.98. The van der Waals surface area contributed by atoms with E-state index in [-0.39, 0.29) is 41.5 Å². The third-order valence-corrected chi connectivity index (χ3v) is 4.98. The van der Waals surface area contributed by atoms with E-state index < -0.39 is 11.9 Å². The van der Waals surface area contributed by atoms with E-state index in [4.69, 9.17) is 18.9 Å². The molecule has 7 nitrogen and oxygen atoms in total. The minimum atomic E-state index is -0.537. The van der Waals surface area contributed by atoms with Gasteiger partial charge in [-0.15, -0.1) is 0 Å². The Morgan fingerprint density at radius 3 is 1.62 bits per heavy atom. The van der Waals surface area contributed by atoms with Crippen molar-refractivity contribution in [2.45, 2.75) is 54.0 Å². The van der Waals surface area contributed by atoms with Crippen molar-refractivity contribution in [2.24, 2.45) is 5.41 Å². The van der Waals surface area contributed by atoms with Gasteiger partial charge in [0.25, 0.3) is 0 Å². The van der Waals surface area contributed by atoms with Crippen LogP contribution in [0.4, 0.5) is 0 Å². The molecule has 0 fully saturated rings. The molecule has 0 unspecified atom stereocenters. The first-order chi connectivity index (χ1) is 12.5. The number of aromatic nitrogens is 1. The normalized spacial score (nSPS) is 15.3. The quantitative estimate of drug-likeness (QED) is 0.687. The lowest BCUT2D eigenvalue weighted by molar-refractivity contribution is 0.0488. The minimum absolute atomic E-state index is 0.166. The topological polar surface area (TPSA) is 76.0 Å². The summed E-state index contributed by atoms with van der Waals surface area (Å²) in [5.41, 5.74) is 0.242. The molecule has 7 heteroatoms. The van der Waals surface area contributed by atoms with Crippen molar-refractivity contribution in [1.29, 1.82) is 0 Å². The Morgan fingerprint density at radius 2 is 1.31 bits per heavy atom. The summed E-state index contributed by atoms with van der Waals surface area (Å²) >= 11 is 0. The zero-order valence-corrected chi connectivity index (χ0v) is 16.3. The van der Waals surface area contributed by atoms with Crippen molar-refractivity contribution < 1.29 is 28.5 Å². The number of hydrogen-bond acceptors (Lipinski definition) is 6. The van der Waals surface area contributed by atoms with Gasteiger partial charge >= 0.3 is 11.9 Å². The Kier molecular flexibility index (Phi) is 6.56. The van der Waals surface area contributed by atoms with Gasteiger partial charge in [-0.25, -0.2) is 9.59 Å². The van der Waals surface area contributed by atoms with Crippen LogP contribution in [0.25, 0.3) is 0 Å². The zero-order valence-electron chi connectivity index (χ0n) is 16.3. The second-order valence-electron chi connectivity index (χ2n) is 6.33. The highest BCUT2D eigenvalue weighted by molar-refractivity contribution is 5.99. The molecule has 0 atom stereocenters. The van der Waals surface area contributed by atoms with Crippen molar-refractivity contribution in [2.75, 3.05) is 26.4 Å². The van der Waals surface area contributed by atoms with Crippen molar-refractivity contribution in [3.63, 3.8) is 0 Å². The number of nitrogens with zero attached hydrogens (tertiary/aromatic N) is 1. The van der Waals surface area contributed by atoms with Crippen LogP contribution in [0.5, 0.6) is 11.5 Å². The van der Waals surface area contributed by atoms with Gasteiger partial charge < -0.3 is 23.5 Å². The van der Waals surface area contributed by atoms with Crippen LogP contribution in [0, 0.1) is 5.41 Å². The van der Waals surface area contributed by atoms with E-state index in [9.17, 15) is 9.59 Å². The molecule has 0 saturated heterocycles. The fourth-order valence-electron chi connectivity index (χ4n) is 3.11. The molecule has 0 aromatic carbocycles. The van der Waals surface area contributed by atoms with E-state index in [0.29, 0.717) is 19.8 Å². The van der Waals surface area contributed by atoms with Crippen molar-refractivity contribution >= 4 is 11.9 Å². The third kappa shape index (κ3) is 3.52. The van der Waals surface area contributed by atoms with Gasteiger partial charge in [-0.2, -0.15) is 0 Å². The van der Waals surface area contributed by atoms with Crippen LogP contribution >= 0.6 is 0 Å². The number of carbonyl (C=O) groups is 2. The maximum absolute atomic E-state index is 12.6. The van der Waals surface area contributed by atoms with Gasteiger partial charge in [0.2, 0.25) is 0 Å². The van der Waals surface area contributed by atoms with Crippen LogP contribution in [0.1, 0.15) is 68.4 Å². The molecule has 0 amide bonds. The Balaban J connectivity index is 2.61. The van der Waals surface area contributed by atoms with Gasteiger partial charge in [0.1, 0.15) is 0 Å². The molecule has 2 heterocycles. The Hall–Kier alpha value is -2.18. The molecule has 2 rings (SSSR count). The highest BCUT2D eigenvalue weighted by Gasteiger charge is 2.40. The van der Waals surface area contributed by atoms with Crippen LogP contribution in [0.3, 0.4) is 0 Å². The van der Waals surface area contributed by atoms with Crippen LogP contribution in [-0.4, -0.2) is 42.9 Å². The summed E-state index contributed by atoms with van der Waals surface area (Å²) < 4.78 is 24.0. The van der Waals surface area contributed by atoms with E-state index in [1.54, 1.807) is 18.4 Å². The average Bonchev–Trinajstić information content (AvgIpc) is 2.84. The van der Waals surface area contributed by atoms with Crippen LogP contribution < -0.4 is 9.47 Å². The number of hydrogen-bond donors (Lipinski definition) is 0. The fourth-order valence-corrected chi connectivity index (χ4v) is 3.11. The Morgan fingerprint density at radius 1 is 0.885 bits per heavy atom. The zero-order chi connectivity index (χ0) is 19.3. The molecule has 0 radical (unpaired) electrons. The Labute approximate surface area is 154 Å². The van der Waals surface area contributed by atoms with Gasteiger partial charge in [0.05, 0.1) is 26.4 Å². The highest BCUT2D eigenvalue weighted by Crippen LogP contribution is 2.44. The molecule has 1 aliphatic heterocycles. The number of rotatable bonds is 7. The SMILES string of the molecule is CCOC(=O)c1c2c(c(C(=O)OCC)n1CC)OCC(CC)(CC)CO2. The molecule has 146 valence electrons. The number of esters is 2. The predicted octanol–water partition coefficient (Wildman–Crippen LogP) is 3.44. The van der Waals surface area contributed by atoms with Crippen molar-refractivity contribution in [3.8, 4) is 11.5 Å². The van der Waals surface area contributed by atoms with Gasteiger partial charge in [-0.1, -0.05) is 13.8 Å². The molecular weight excluding hydrogens is 338 g/mol. The van der Waals surface area contributed by atoms with Gasteiger partial charge in [0.15, 0.2) is 22.9 Å². The van der Waals surface area contributed by atoms with Gasteiger partial charge in [-0.3, -0.25) is 0 Å². The van der Waals surface area contributed by atoms with Crippen LogP contribution in [-0.2, 0) is 16.0 Å². The second kappa shape index (κ2) is 8.47. The lowest BCUT2D eigenvalue weighted by atomic mass is 9.84. The van der Waals surface area contributed by atoms with E-state index in [1.165, 1.54) is 0 Å². The first-order valence-electron chi connectivity index (χ1n) is 9.34. The maximum Gasteiger partial charge on any atom is 0.359 e. The summed E-state index contributed by atoms with van der Waals surface area (Å²) in [6, 6.07) is 0. The maximum atomic E-state index is 12.6. The molecule has 0 bridgehead atoms. The van der Waals surface area contributed by atoms with E-state index in [2.05, 4.69) is 13.8 Å². The molecule has 1 aliphatic rings. The van der Waals surface area contributed by atoms with Crippen molar-refractivity contribution in [1.82, 2.24) is 4.57 Å². The van der Waals surface area contributed by atoms with Gasteiger partial charge in [-0.05, 0) is 33.6 Å². The molecular formula is C19H29NO6. The molecule has 26 heavy (non-hydrogen) atoms. The summed E-state index contributed by atoms with van der Waals surface area (Å²) in [7, 11) is 0. The lowest BCUT2D eigenvalue weighted by Crippen LogP contribution is -2.32. The predicted molar refractivity (Wildman–Crippen MR) is 96.0 cm³/mol. The molecule has 1 aromatic heterocycles. The monoisotopic (exact) mass is 367 g/mol. The molecule has 0 N–H and O–H groups in total.